The maximum atomic E-state index is 10.5. The minimum absolute atomic E-state index is 0.0789. The normalized spacial score (nSPS) is 14.4. The van der Waals surface area contributed by atoms with E-state index in [-0.39, 0.29) is 5.92 Å². The minimum Gasteiger partial charge on any atom is -0.387 e. The van der Waals surface area contributed by atoms with Crippen LogP contribution < -0.4 is 5.73 Å². The van der Waals surface area contributed by atoms with Gasteiger partial charge in [-0.25, -0.2) is 4.98 Å². The molecule has 4 heteroatoms. The summed E-state index contributed by atoms with van der Waals surface area (Å²) in [6.07, 6.45) is -0.580. The molecule has 1 aromatic carbocycles. The van der Waals surface area contributed by atoms with E-state index in [1.54, 1.807) is 11.3 Å². The highest BCUT2D eigenvalue weighted by Crippen LogP contribution is 2.34. The summed E-state index contributed by atoms with van der Waals surface area (Å²) < 4.78 is 0. The van der Waals surface area contributed by atoms with Crippen LogP contribution in [-0.4, -0.2) is 16.6 Å². The van der Waals surface area contributed by atoms with E-state index >= 15 is 0 Å². The SMILES string of the molecule is Cc1nc(C)c(C(O)C(CN)c2ccccc2)s1. The molecule has 3 nitrogen and oxygen atoms in total. The van der Waals surface area contributed by atoms with E-state index in [2.05, 4.69) is 4.98 Å². The van der Waals surface area contributed by atoms with Crippen LogP contribution in [0.1, 0.15) is 33.2 Å². The van der Waals surface area contributed by atoms with Gasteiger partial charge in [0.2, 0.25) is 0 Å². The summed E-state index contributed by atoms with van der Waals surface area (Å²) in [5, 5.41) is 11.5. The van der Waals surface area contributed by atoms with Gasteiger partial charge in [-0.3, -0.25) is 0 Å². The van der Waals surface area contributed by atoms with Crippen molar-refractivity contribution in [3.63, 3.8) is 0 Å². The molecule has 2 unspecified atom stereocenters. The van der Waals surface area contributed by atoms with Crippen LogP contribution >= 0.6 is 11.3 Å². The summed E-state index contributed by atoms with van der Waals surface area (Å²) in [6.45, 7) is 4.30. The highest BCUT2D eigenvalue weighted by Gasteiger charge is 2.24. The van der Waals surface area contributed by atoms with Gasteiger partial charge in [0.15, 0.2) is 0 Å². The number of benzene rings is 1. The Labute approximate surface area is 111 Å². The molecule has 3 N–H and O–H groups in total. The summed E-state index contributed by atoms with van der Waals surface area (Å²) in [4.78, 5) is 5.28. The minimum atomic E-state index is -0.580. The molecule has 0 bridgehead atoms. The molecule has 0 radical (unpaired) electrons. The van der Waals surface area contributed by atoms with E-state index in [1.165, 1.54) is 0 Å². The van der Waals surface area contributed by atoms with Crippen molar-refractivity contribution in [2.45, 2.75) is 25.9 Å². The lowest BCUT2D eigenvalue weighted by atomic mass is 9.92. The van der Waals surface area contributed by atoms with Gasteiger partial charge in [0.05, 0.1) is 21.7 Å². The topological polar surface area (TPSA) is 59.1 Å². The van der Waals surface area contributed by atoms with Crippen LogP contribution in [0, 0.1) is 13.8 Å². The Bertz CT molecular complexity index is 510. The predicted molar refractivity (Wildman–Crippen MR) is 74.8 cm³/mol. The third-order valence-corrected chi connectivity index (χ3v) is 4.21. The van der Waals surface area contributed by atoms with Crippen LogP contribution in [0.25, 0.3) is 0 Å². The average molecular weight is 262 g/mol. The smallest absolute Gasteiger partial charge is 0.0981 e. The van der Waals surface area contributed by atoms with Crippen LogP contribution in [0.5, 0.6) is 0 Å². The van der Waals surface area contributed by atoms with Gasteiger partial charge in [0.25, 0.3) is 0 Å². The van der Waals surface area contributed by atoms with Crippen LogP contribution in [0.3, 0.4) is 0 Å². The van der Waals surface area contributed by atoms with Crippen molar-refractivity contribution in [2.75, 3.05) is 6.54 Å². The monoisotopic (exact) mass is 262 g/mol. The number of nitrogens with zero attached hydrogens (tertiary/aromatic N) is 1. The maximum absolute atomic E-state index is 10.5. The number of thiazole rings is 1. The Morgan fingerprint density at radius 1 is 1.28 bits per heavy atom. The summed E-state index contributed by atoms with van der Waals surface area (Å²) in [5.41, 5.74) is 7.79. The van der Waals surface area contributed by atoms with E-state index in [1.807, 2.05) is 44.2 Å². The predicted octanol–water partition coefficient (Wildman–Crippen LogP) is 2.54. The first kappa shape index (κ1) is 13.2. The maximum Gasteiger partial charge on any atom is 0.0981 e. The molecule has 0 amide bonds. The number of aliphatic hydroxyl groups is 1. The van der Waals surface area contributed by atoms with Crippen LogP contribution in [0.2, 0.25) is 0 Å². The molecule has 0 saturated heterocycles. The van der Waals surface area contributed by atoms with Crippen molar-refractivity contribution in [2.24, 2.45) is 5.73 Å². The largest absolute Gasteiger partial charge is 0.387 e. The molecule has 2 atom stereocenters. The van der Waals surface area contributed by atoms with Crippen molar-refractivity contribution in [1.29, 1.82) is 0 Å². The van der Waals surface area contributed by atoms with Crippen molar-refractivity contribution < 1.29 is 5.11 Å². The number of hydrogen-bond donors (Lipinski definition) is 2. The summed E-state index contributed by atoms with van der Waals surface area (Å²) >= 11 is 1.54. The quantitative estimate of drug-likeness (QED) is 0.890. The van der Waals surface area contributed by atoms with Crippen LogP contribution in [-0.2, 0) is 0 Å². The third kappa shape index (κ3) is 2.61. The number of rotatable bonds is 4. The number of aromatic nitrogens is 1. The van der Waals surface area contributed by atoms with Gasteiger partial charge in [0.1, 0.15) is 0 Å². The first-order chi connectivity index (χ1) is 8.63. The second-order valence-electron chi connectivity index (χ2n) is 4.38. The molecule has 18 heavy (non-hydrogen) atoms. The van der Waals surface area contributed by atoms with Gasteiger partial charge in [-0.15, -0.1) is 11.3 Å². The molecular formula is C14H18N2OS. The van der Waals surface area contributed by atoms with Crippen LogP contribution in [0.4, 0.5) is 0 Å². The number of hydrogen-bond acceptors (Lipinski definition) is 4. The van der Waals surface area contributed by atoms with Gasteiger partial charge in [-0.2, -0.15) is 0 Å². The Kier molecular flexibility index (Phi) is 4.11. The van der Waals surface area contributed by atoms with Gasteiger partial charge in [-0.05, 0) is 19.4 Å². The standard InChI is InChI=1S/C14H18N2OS/c1-9-14(18-10(2)16-9)13(17)12(8-15)11-6-4-3-5-7-11/h3-7,12-13,17H,8,15H2,1-2H3. The highest BCUT2D eigenvalue weighted by molar-refractivity contribution is 7.11. The van der Waals surface area contributed by atoms with Crippen molar-refractivity contribution in [3.8, 4) is 0 Å². The average Bonchev–Trinajstić information content (AvgIpc) is 2.70. The molecule has 1 aromatic heterocycles. The number of aryl methyl sites for hydroxylation is 2. The van der Waals surface area contributed by atoms with Gasteiger partial charge >= 0.3 is 0 Å². The molecule has 0 spiro atoms. The Morgan fingerprint density at radius 3 is 2.44 bits per heavy atom. The van der Waals surface area contributed by atoms with Crippen LogP contribution in [0.15, 0.2) is 30.3 Å². The van der Waals surface area contributed by atoms with Crippen molar-refractivity contribution >= 4 is 11.3 Å². The lowest BCUT2D eigenvalue weighted by Crippen LogP contribution is -2.20. The molecule has 1 heterocycles. The van der Waals surface area contributed by atoms with E-state index in [9.17, 15) is 5.11 Å². The molecule has 0 saturated carbocycles. The Balaban J connectivity index is 2.31. The molecule has 0 aliphatic rings. The molecule has 0 aliphatic carbocycles. The first-order valence-corrected chi connectivity index (χ1v) is 6.82. The summed E-state index contributed by atoms with van der Waals surface area (Å²) in [5.74, 6) is -0.0789. The molecule has 2 aromatic rings. The van der Waals surface area contributed by atoms with Gasteiger partial charge < -0.3 is 10.8 Å². The molecule has 0 aliphatic heterocycles. The highest BCUT2D eigenvalue weighted by atomic mass is 32.1. The van der Waals surface area contributed by atoms with Gasteiger partial charge in [0, 0.05) is 12.5 Å². The lowest BCUT2D eigenvalue weighted by molar-refractivity contribution is 0.150. The second kappa shape index (κ2) is 5.61. The third-order valence-electron chi connectivity index (χ3n) is 3.07. The van der Waals surface area contributed by atoms with Crippen molar-refractivity contribution in [1.82, 2.24) is 4.98 Å². The zero-order chi connectivity index (χ0) is 13.1. The zero-order valence-electron chi connectivity index (χ0n) is 10.6. The summed E-state index contributed by atoms with van der Waals surface area (Å²) in [7, 11) is 0. The molecule has 96 valence electrons. The van der Waals surface area contributed by atoms with E-state index < -0.39 is 6.10 Å². The fourth-order valence-corrected chi connectivity index (χ4v) is 3.13. The Morgan fingerprint density at radius 2 is 1.94 bits per heavy atom. The fraction of sp³-hybridized carbons (Fsp3) is 0.357. The fourth-order valence-electron chi connectivity index (χ4n) is 2.15. The van der Waals surface area contributed by atoms with E-state index in [0.717, 1.165) is 21.1 Å². The molecule has 0 fully saturated rings. The first-order valence-electron chi connectivity index (χ1n) is 6.00. The van der Waals surface area contributed by atoms with Crippen molar-refractivity contribution in [3.05, 3.63) is 51.5 Å². The summed E-state index contributed by atoms with van der Waals surface area (Å²) in [6, 6.07) is 9.91. The lowest BCUT2D eigenvalue weighted by Gasteiger charge is -2.21. The molecular weight excluding hydrogens is 244 g/mol. The number of nitrogens with two attached hydrogens (primary N) is 1. The second-order valence-corrected chi connectivity index (χ2v) is 5.62. The van der Waals surface area contributed by atoms with Gasteiger partial charge in [-0.1, -0.05) is 30.3 Å². The van der Waals surface area contributed by atoms with E-state index in [4.69, 9.17) is 5.73 Å². The number of aliphatic hydroxyl groups excluding tert-OH is 1. The Hall–Kier alpha value is -1.23. The molecule has 2 rings (SSSR count). The zero-order valence-corrected chi connectivity index (χ0v) is 11.4. The van der Waals surface area contributed by atoms with E-state index in [0.29, 0.717) is 6.54 Å².